The van der Waals surface area contributed by atoms with Crippen LogP contribution in [0.15, 0.2) is 200 Å². The maximum atomic E-state index is 4.07. The monoisotopic (exact) mass is 613 g/mol. The first-order chi connectivity index (χ1) is 23.8. The molecule has 0 N–H and O–H groups in total. The van der Waals surface area contributed by atoms with Gasteiger partial charge in [-0.3, -0.25) is 0 Å². The summed E-state index contributed by atoms with van der Waals surface area (Å²) in [6.07, 6.45) is 9.25. The number of hydrogen-bond donors (Lipinski definition) is 0. The van der Waals surface area contributed by atoms with Crippen molar-refractivity contribution in [2.45, 2.75) is 6.42 Å². The summed E-state index contributed by atoms with van der Waals surface area (Å²) in [6.45, 7) is 4.07. The van der Waals surface area contributed by atoms with Crippen molar-refractivity contribution in [2.24, 2.45) is 0 Å². The van der Waals surface area contributed by atoms with Gasteiger partial charge in [-0.1, -0.05) is 152 Å². The van der Waals surface area contributed by atoms with Crippen LogP contribution in [0.3, 0.4) is 0 Å². The highest BCUT2D eigenvalue weighted by molar-refractivity contribution is 6.13. The highest BCUT2D eigenvalue weighted by atomic mass is 15.1. The molecule has 8 aromatic carbocycles. The molecule has 0 saturated carbocycles. The summed E-state index contributed by atoms with van der Waals surface area (Å²) in [6, 6.07) is 59.1. The molecule has 8 rings (SSSR count). The Morgan fingerprint density at radius 3 is 1.83 bits per heavy atom. The first-order valence-corrected chi connectivity index (χ1v) is 16.5. The van der Waals surface area contributed by atoms with Crippen molar-refractivity contribution in [1.82, 2.24) is 0 Å². The smallest absolute Gasteiger partial charge is 0.0462 e. The number of nitrogens with zero attached hydrogens (tertiary/aromatic N) is 1. The Bertz CT molecular complexity index is 2480. The quantitative estimate of drug-likeness (QED) is 0.122. The Balaban J connectivity index is 1.14. The van der Waals surface area contributed by atoms with Crippen LogP contribution >= 0.6 is 0 Å². The molecule has 1 nitrogen and oxygen atoms in total. The van der Waals surface area contributed by atoms with Crippen molar-refractivity contribution in [2.75, 3.05) is 4.90 Å². The summed E-state index contributed by atoms with van der Waals surface area (Å²) < 4.78 is 0. The fourth-order valence-electron chi connectivity index (χ4n) is 6.92. The second-order valence-electron chi connectivity index (χ2n) is 12.2. The van der Waals surface area contributed by atoms with Gasteiger partial charge in [-0.15, -0.1) is 0 Å². The van der Waals surface area contributed by atoms with Crippen LogP contribution in [-0.4, -0.2) is 0 Å². The van der Waals surface area contributed by atoms with E-state index >= 15 is 0 Å². The van der Waals surface area contributed by atoms with Crippen LogP contribution in [0.1, 0.15) is 5.56 Å². The standard InChI is InChI=1S/C47H35N/c1-2-13-39(19-12-14-34-24-25-36-27-26-35-15-6-8-20-42(35)46(36)32-34)48(40-17-4-3-5-18-40)41-30-28-37(29-31-41)47-33-38-16-7-9-21-43(38)44-22-10-11-23-45(44)47/h2-13,15-33H,1,14H2/b19-12-,39-13+. The maximum absolute atomic E-state index is 4.07. The van der Waals surface area contributed by atoms with Gasteiger partial charge in [0.1, 0.15) is 0 Å². The maximum Gasteiger partial charge on any atom is 0.0462 e. The third-order valence-corrected chi connectivity index (χ3v) is 9.22. The third-order valence-electron chi connectivity index (χ3n) is 9.22. The highest BCUT2D eigenvalue weighted by Gasteiger charge is 2.14. The van der Waals surface area contributed by atoms with Crippen molar-refractivity contribution in [3.63, 3.8) is 0 Å². The lowest BCUT2D eigenvalue weighted by atomic mass is 9.93. The molecular weight excluding hydrogens is 579 g/mol. The van der Waals surface area contributed by atoms with Crippen LogP contribution in [-0.2, 0) is 6.42 Å². The molecule has 1 heteroatoms. The second kappa shape index (κ2) is 12.9. The summed E-state index contributed by atoms with van der Waals surface area (Å²) in [4.78, 5) is 2.30. The molecule has 228 valence electrons. The average Bonchev–Trinajstić information content (AvgIpc) is 3.15. The van der Waals surface area contributed by atoms with Gasteiger partial charge in [-0.05, 0) is 109 Å². The number of hydrogen-bond acceptors (Lipinski definition) is 1. The molecule has 0 heterocycles. The van der Waals surface area contributed by atoms with E-state index in [2.05, 4.69) is 193 Å². The molecule has 8 aromatic rings. The van der Waals surface area contributed by atoms with E-state index < -0.39 is 0 Å². The lowest BCUT2D eigenvalue weighted by molar-refractivity contribution is 1.19. The van der Waals surface area contributed by atoms with Crippen molar-refractivity contribution in [3.05, 3.63) is 206 Å². The Morgan fingerprint density at radius 2 is 1.08 bits per heavy atom. The summed E-state index contributed by atoms with van der Waals surface area (Å²) in [5, 5.41) is 10.2. The Hall–Kier alpha value is -6.18. The average molecular weight is 614 g/mol. The zero-order valence-electron chi connectivity index (χ0n) is 26.8. The molecule has 0 aliphatic heterocycles. The van der Waals surface area contributed by atoms with Crippen LogP contribution in [0.25, 0.3) is 54.2 Å². The van der Waals surface area contributed by atoms with Crippen LogP contribution in [0.2, 0.25) is 0 Å². The number of para-hydroxylation sites is 1. The fraction of sp³-hybridized carbons (Fsp3) is 0.0213. The third kappa shape index (κ3) is 5.57. The van der Waals surface area contributed by atoms with Crippen LogP contribution in [0.5, 0.6) is 0 Å². The van der Waals surface area contributed by atoms with Gasteiger partial charge in [-0.2, -0.15) is 0 Å². The van der Waals surface area contributed by atoms with E-state index in [1.54, 1.807) is 0 Å². The van der Waals surface area contributed by atoms with E-state index in [-0.39, 0.29) is 0 Å². The molecule has 0 aliphatic rings. The number of rotatable bonds is 8. The minimum Gasteiger partial charge on any atom is -0.311 e. The summed E-state index contributed by atoms with van der Waals surface area (Å²) in [5.74, 6) is 0. The Kier molecular flexibility index (Phi) is 7.86. The molecular formula is C47H35N. The van der Waals surface area contributed by atoms with Gasteiger partial charge in [0.15, 0.2) is 0 Å². The SMILES string of the molecule is C=C/C=C(\C=C/Cc1ccc2ccc3ccccc3c2c1)N(c1ccccc1)c1ccc(-c2cc3ccccc3c3ccccc23)cc1. The molecule has 0 spiro atoms. The molecule has 0 aliphatic carbocycles. The molecule has 0 unspecified atom stereocenters. The topological polar surface area (TPSA) is 3.24 Å². The predicted octanol–water partition coefficient (Wildman–Crippen LogP) is 13.0. The van der Waals surface area contributed by atoms with Crippen molar-refractivity contribution in [3.8, 4) is 11.1 Å². The number of anilines is 2. The lowest BCUT2D eigenvalue weighted by Gasteiger charge is -2.26. The normalized spacial score (nSPS) is 12.0. The van der Waals surface area contributed by atoms with E-state index in [0.717, 1.165) is 23.5 Å². The zero-order chi connectivity index (χ0) is 32.3. The van der Waals surface area contributed by atoms with E-state index in [1.807, 2.05) is 6.08 Å². The van der Waals surface area contributed by atoms with Gasteiger partial charge in [0.25, 0.3) is 0 Å². The summed E-state index contributed by atoms with van der Waals surface area (Å²) in [7, 11) is 0. The van der Waals surface area contributed by atoms with E-state index in [9.17, 15) is 0 Å². The second-order valence-corrected chi connectivity index (χ2v) is 12.2. The highest BCUT2D eigenvalue weighted by Crippen LogP contribution is 2.37. The molecule has 0 amide bonds. The predicted molar refractivity (Wildman–Crippen MR) is 208 cm³/mol. The molecule has 0 atom stereocenters. The fourth-order valence-corrected chi connectivity index (χ4v) is 6.92. The van der Waals surface area contributed by atoms with E-state index in [0.29, 0.717) is 0 Å². The zero-order valence-corrected chi connectivity index (χ0v) is 26.8. The van der Waals surface area contributed by atoms with Crippen molar-refractivity contribution in [1.29, 1.82) is 0 Å². The molecule has 48 heavy (non-hydrogen) atoms. The van der Waals surface area contributed by atoms with Gasteiger partial charge in [-0.25, -0.2) is 0 Å². The van der Waals surface area contributed by atoms with Gasteiger partial charge < -0.3 is 4.90 Å². The molecule has 0 aromatic heterocycles. The Morgan fingerprint density at radius 1 is 0.500 bits per heavy atom. The molecule has 0 radical (unpaired) electrons. The summed E-state index contributed by atoms with van der Waals surface area (Å²) >= 11 is 0. The van der Waals surface area contributed by atoms with Gasteiger partial charge in [0.2, 0.25) is 0 Å². The number of benzene rings is 8. The minimum atomic E-state index is 0.824. The molecule has 0 fully saturated rings. The Labute approximate surface area is 282 Å². The van der Waals surface area contributed by atoms with Crippen molar-refractivity contribution < 1.29 is 0 Å². The van der Waals surface area contributed by atoms with Crippen molar-refractivity contribution >= 4 is 54.5 Å². The van der Waals surface area contributed by atoms with Crippen LogP contribution in [0, 0.1) is 0 Å². The van der Waals surface area contributed by atoms with Crippen LogP contribution in [0.4, 0.5) is 11.4 Å². The minimum absolute atomic E-state index is 0.824. The first-order valence-electron chi connectivity index (χ1n) is 16.5. The molecule has 0 bridgehead atoms. The van der Waals surface area contributed by atoms with E-state index in [4.69, 9.17) is 0 Å². The molecule has 0 saturated heterocycles. The summed E-state index contributed by atoms with van der Waals surface area (Å²) in [5.41, 5.74) is 6.95. The lowest BCUT2D eigenvalue weighted by Crippen LogP contribution is -2.15. The largest absolute Gasteiger partial charge is 0.311 e. The number of allylic oxidation sites excluding steroid dienone is 4. The van der Waals surface area contributed by atoms with Crippen LogP contribution < -0.4 is 4.90 Å². The number of fused-ring (bicyclic) bond motifs is 6. The van der Waals surface area contributed by atoms with Gasteiger partial charge in [0.05, 0.1) is 0 Å². The van der Waals surface area contributed by atoms with Gasteiger partial charge in [0, 0.05) is 17.1 Å². The van der Waals surface area contributed by atoms with Gasteiger partial charge >= 0.3 is 0 Å². The first kappa shape index (κ1) is 29.2. The van der Waals surface area contributed by atoms with E-state index in [1.165, 1.54) is 59.8 Å².